The first-order chi connectivity index (χ1) is 14.0. The van der Waals surface area contributed by atoms with Crippen LogP contribution in [0.2, 0.25) is 5.02 Å². The number of carbonyl (C=O) groups excluding carboxylic acids is 1. The van der Waals surface area contributed by atoms with Gasteiger partial charge in [-0.1, -0.05) is 35.9 Å². The SMILES string of the molecule is Cc1c(NC(=O)c2ccn(-c3cccc(Cl)c3)n2)c(=O)n(-c2ccccc2)n1C. The normalized spacial score (nSPS) is 10.9. The molecular formula is C21H18ClN5O2. The third-order valence-corrected chi connectivity index (χ3v) is 4.92. The molecule has 8 heteroatoms. The molecule has 29 heavy (non-hydrogen) atoms. The number of hydrogen-bond donors (Lipinski definition) is 1. The van der Waals surface area contributed by atoms with Crippen molar-refractivity contribution in [2.75, 3.05) is 5.32 Å². The average Bonchev–Trinajstić information content (AvgIpc) is 3.29. The Morgan fingerprint density at radius 3 is 2.48 bits per heavy atom. The van der Waals surface area contributed by atoms with Gasteiger partial charge in [0.2, 0.25) is 0 Å². The number of aromatic nitrogens is 4. The maximum Gasteiger partial charge on any atom is 0.295 e. The van der Waals surface area contributed by atoms with Crippen LogP contribution in [0.3, 0.4) is 0 Å². The summed E-state index contributed by atoms with van der Waals surface area (Å²) in [5, 5.41) is 7.58. The molecule has 1 N–H and O–H groups in total. The molecule has 1 amide bonds. The molecule has 0 fully saturated rings. The van der Waals surface area contributed by atoms with Crippen LogP contribution < -0.4 is 10.9 Å². The zero-order valence-corrected chi connectivity index (χ0v) is 16.6. The fourth-order valence-corrected chi connectivity index (χ4v) is 3.28. The molecule has 0 aliphatic heterocycles. The highest BCUT2D eigenvalue weighted by molar-refractivity contribution is 6.30. The monoisotopic (exact) mass is 407 g/mol. The third kappa shape index (κ3) is 3.48. The van der Waals surface area contributed by atoms with E-state index in [1.807, 2.05) is 36.4 Å². The van der Waals surface area contributed by atoms with Crippen LogP contribution in [-0.2, 0) is 7.05 Å². The molecule has 2 aromatic heterocycles. The smallest absolute Gasteiger partial charge is 0.295 e. The van der Waals surface area contributed by atoms with Gasteiger partial charge in [0.15, 0.2) is 5.69 Å². The summed E-state index contributed by atoms with van der Waals surface area (Å²) in [5.41, 5.74) is 2.20. The van der Waals surface area contributed by atoms with E-state index in [0.717, 1.165) is 5.69 Å². The summed E-state index contributed by atoms with van der Waals surface area (Å²) in [7, 11) is 1.77. The van der Waals surface area contributed by atoms with Crippen molar-refractivity contribution in [3.05, 3.63) is 93.6 Å². The number of para-hydroxylation sites is 1. The minimum absolute atomic E-state index is 0.193. The lowest BCUT2D eigenvalue weighted by Gasteiger charge is -2.07. The fourth-order valence-electron chi connectivity index (χ4n) is 3.10. The van der Waals surface area contributed by atoms with E-state index >= 15 is 0 Å². The van der Waals surface area contributed by atoms with Gasteiger partial charge in [-0.05, 0) is 43.3 Å². The highest BCUT2D eigenvalue weighted by Crippen LogP contribution is 2.17. The Hall–Kier alpha value is -3.58. The topological polar surface area (TPSA) is 73.8 Å². The van der Waals surface area contributed by atoms with Crippen LogP contribution in [0.25, 0.3) is 11.4 Å². The molecule has 0 bridgehead atoms. The summed E-state index contributed by atoms with van der Waals surface area (Å²) in [6.07, 6.45) is 1.67. The Balaban J connectivity index is 1.64. The van der Waals surface area contributed by atoms with E-state index in [1.54, 1.807) is 53.8 Å². The summed E-state index contributed by atoms with van der Waals surface area (Å²) >= 11 is 6.01. The largest absolute Gasteiger partial charge is 0.314 e. The highest BCUT2D eigenvalue weighted by Gasteiger charge is 2.20. The van der Waals surface area contributed by atoms with Gasteiger partial charge >= 0.3 is 0 Å². The first-order valence-corrected chi connectivity index (χ1v) is 9.30. The molecule has 0 saturated heterocycles. The number of benzene rings is 2. The summed E-state index contributed by atoms with van der Waals surface area (Å²) in [4.78, 5) is 25.6. The second kappa shape index (κ2) is 7.44. The molecule has 4 aromatic rings. The Bertz CT molecular complexity index is 1250. The van der Waals surface area contributed by atoms with Gasteiger partial charge in [-0.15, -0.1) is 0 Å². The molecule has 2 aromatic carbocycles. The van der Waals surface area contributed by atoms with Gasteiger partial charge in [0.1, 0.15) is 5.69 Å². The van der Waals surface area contributed by atoms with E-state index < -0.39 is 5.91 Å². The van der Waals surface area contributed by atoms with E-state index in [2.05, 4.69) is 10.4 Å². The Labute approximate surface area is 171 Å². The van der Waals surface area contributed by atoms with Crippen molar-refractivity contribution in [1.29, 1.82) is 0 Å². The molecule has 2 heterocycles. The Morgan fingerprint density at radius 2 is 1.76 bits per heavy atom. The molecule has 0 aliphatic carbocycles. The fraction of sp³-hybridized carbons (Fsp3) is 0.0952. The zero-order valence-electron chi connectivity index (χ0n) is 15.8. The maximum absolute atomic E-state index is 12.9. The van der Waals surface area contributed by atoms with Gasteiger partial charge < -0.3 is 5.32 Å². The van der Waals surface area contributed by atoms with Crippen LogP contribution in [-0.4, -0.2) is 25.1 Å². The number of carbonyl (C=O) groups is 1. The van der Waals surface area contributed by atoms with Gasteiger partial charge in [-0.3, -0.25) is 14.3 Å². The van der Waals surface area contributed by atoms with Crippen molar-refractivity contribution in [3.8, 4) is 11.4 Å². The molecule has 0 aliphatic rings. The number of hydrogen-bond acceptors (Lipinski definition) is 3. The van der Waals surface area contributed by atoms with E-state index in [4.69, 9.17) is 11.6 Å². The van der Waals surface area contributed by atoms with Crippen molar-refractivity contribution in [2.45, 2.75) is 6.92 Å². The summed E-state index contributed by atoms with van der Waals surface area (Å²) in [6.45, 7) is 1.78. The number of anilines is 1. The number of nitrogens with zero attached hydrogens (tertiary/aromatic N) is 4. The second-order valence-corrected chi connectivity index (χ2v) is 6.95. The first kappa shape index (κ1) is 18.8. The van der Waals surface area contributed by atoms with Crippen molar-refractivity contribution in [1.82, 2.24) is 19.1 Å². The lowest BCUT2D eigenvalue weighted by atomic mass is 10.3. The minimum atomic E-state index is -0.461. The molecule has 0 saturated carbocycles. The lowest BCUT2D eigenvalue weighted by molar-refractivity contribution is 0.102. The maximum atomic E-state index is 12.9. The van der Waals surface area contributed by atoms with Gasteiger partial charge in [0.05, 0.1) is 17.1 Å². The van der Waals surface area contributed by atoms with Crippen molar-refractivity contribution in [2.24, 2.45) is 7.05 Å². The molecule has 4 rings (SSSR count). The van der Waals surface area contributed by atoms with Crippen LogP contribution in [0, 0.1) is 6.92 Å². The molecule has 146 valence electrons. The van der Waals surface area contributed by atoms with Gasteiger partial charge in [-0.25, -0.2) is 9.36 Å². The van der Waals surface area contributed by atoms with Crippen LogP contribution in [0.5, 0.6) is 0 Å². The van der Waals surface area contributed by atoms with Gasteiger partial charge in [0, 0.05) is 18.3 Å². The summed E-state index contributed by atoms with van der Waals surface area (Å²) in [6, 6.07) is 18.0. The van der Waals surface area contributed by atoms with Crippen molar-refractivity contribution < 1.29 is 4.79 Å². The van der Waals surface area contributed by atoms with Crippen LogP contribution in [0.15, 0.2) is 71.7 Å². The van der Waals surface area contributed by atoms with E-state index in [1.165, 1.54) is 4.68 Å². The van der Waals surface area contributed by atoms with E-state index in [9.17, 15) is 9.59 Å². The molecular weight excluding hydrogens is 390 g/mol. The summed E-state index contributed by atoms with van der Waals surface area (Å²) in [5.74, 6) is -0.461. The minimum Gasteiger partial charge on any atom is -0.314 e. The predicted molar refractivity (Wildman–Crippen MR) is 112 cm³/mol. The summed E-state index contributed by atoms with van der Waals surface area (Å²) < 4.78 is 4.77. The predicted octanol–water partition coefficient (Wildman–Crippen LogP) is 3.58. The van der Waals surface area contributed by atoms with Crippen LogP contribution in [0.1, 0.15) is 16.2 Å². The van der Waals surface area contributed by atoms with E-state index in [-0.39, 0.29) is 16.9 Å². The van der Waals surface area contributed by atoms with Crippen LogP contribution >= 0.6 is 11.6 Å². The molecule has 0 radical (unpaired) electrons. The molecule has 7 nitrogen and oxygen atoms in total. The number of amides is 1. The van der Waals surface area contributed by atoms with Crippen molar-refractivity contribution in [3.63, 3.8) is 0 Å². The number of halogens is 1. The number of rotatable bonds is 4. The molecule has 0 atom stereocenters. The van der Waals surface area contributed by atoms with E-state index in [0.29, 0.717) is 16.4 Å². The second-order valence-electron chi connectivity index (χ2n) is 6.52. The third-order valence-electron chi connectivity index (χ3n) is 4.69. The lowest BCUT2D eigenvalue weighted by Crippen LogP contribution is -2.23. The Morgan fingerprint density at radius 1 is 1.03 bits per heavy atom. The Kier molecular flexibility index (Phi) is 4.82. The number of nitrogens with one attached hydrogen (secondary N) is 1. The van der Waals surface area contributed by atoms with Crippen LogP contribution in [0.4, 0.5) is 5.69 Å². The van der Waals surface area contributed by atoms with Crippen molar-refractivity contribution >= 4 is 23.2 Å². The first-order valence-electron chi connectivity index (χ1n) is 8.92. The van der Waals surface area contributed by atoms with Gasteiger partial charge in [-0.2, -0.15) is 5.10 Å². The zero-order chi connectivity index (χ0) is 20.5. The quantitative estimate of drug-likeness (QED) is 0.562. The molecule has 0 unspecified atom stereocenters. The molecule has 0 spiro atoms. The highest BCUT2D eigenvalue weighted by atomic mass is 35.5. The van der Waals surface area contributed by atoms with Gasteiger partial charge in [0.25, 0.3) is 11.5 Å². The average molecular weight is 408 g/mol. The standard InChI is InChI=1S/C21H18ClN5O2/c1-14-19(21(29)27(25(14)2)16-8-4-3-5-9-16)23-20(28)18-11-12-26(24-18)17-10-6-7-15(22)13-17/h3-13H,1-2H3,(H,23,28).